The van der Waals surface area contributed by atoms with Crippen LogP contribution in [-0.4, -0.2) is 58.4 Å². The van der Waals surface area contributed by atoms with Gasteiger partial charge in [-0.1, -0.05) is 13.0 Å². The largest absolute Gasteiger partial charge is 0.481 e. The fraction of sp³-hybridized carbons (Fsp3) is 0.655. The molecule has 9 unspecified atom stereocenters. The highest BCUT2D eigenvalue weighted by Gasteiger charge is 2.76. The Kier molecular flexibility index (Phi) is 5.93. The number of alkyl halides is 2. The molecule has 1 heterocycles. The average Bonchev–Trinajstić information content (AvgIpc) is 3.31. The zero-order valence-electron chi connectivity index (χ0n) is 22.1. The van der Waals surface area contributed by atoms with E-state index in [-0.39, 0.29) is 30.1 Å². The normalized spacial score (nSPS) is 44.8. The molecule has 6 nitrogen and oxygen atoms in total. The number of aliphatic carboxylic acids is 1. The second-order valence-electron chi connectivity index (χ2n) is 12.5. The summed E-state index contributed by atoms with van der Waals surface area (Å²) in [5, 5.41) is 22.0. The molecule has 0 spiro atoms. The van der Waals surface area contributed by atoms with Crippen LogP contribution in [0.1, 0.15) is 51.6 Å². The first-order valence-corrected chi connectivity index (χ1v) is 13.1. The standard InChI is InChI=1S/C29H37F2NO5/c1-16-6-7-19(37-16)15-32(5)14-17-10-20-21-12-23(30)22-11-18(33)8-9-26(22,2)29(21,31)24(34)13-27(20,3)28(17,4)25(35)36/h6-9,11,17,20-21,23-24,34H,10,12-15H2,1-5H3,(H,35,36). The predicted octanol–water partition coefficient (Wildman–Crippen LogP) is 4.66. The van der Waals surface area contributed by atoms with Gasteiger partial charge < -0.3 is 14.6 Å². The first kappa shape index (κ1) is 26.3. The van der Waals surface area contributed by atoms with Crippen LogP contribution >= 0.6 is 0 Å². The van der Waals surface area contributed by atoms with E-state index in [1.165, 1.54) is 18.2 Å². The highest BCUT2D eigenvalue weighted by atomic mass is 19.1. The number of hydrogen-bond acceptors (Lipinski definition) is 5. The molecule has 202 valence electrons. The quantitative estimate of drug-likeness (QED) is 0.591. The van der Waals surface area contributed by atoms with Crippen LogP contribution in [0.25, 0.3) is 0 Å². The summed E-state index contributed by atoms with van der Waals surface area (Å²) < 4.78 is 38.7. The van der Waals surface area contributed by atoms with E-state index in [4.69, 9.17) is 4.42 Å². The molecular weight excluding hydrogens is 480 g/mol. The zero-order chi connectivity index (χ0) is 27.1. The Hall–Kier alpha value is -2.32. The molecule has 0 aliphatic heterocycles. The second kappa shape index (κ2) is 8.34. The van der Waals surface area contributed by atoms with Gasteiger partial charge in [-0.05, 0) is 94.2 Å². The lowest BCUT2D eigenvalue weighted by Gasteiger charge is -2.63. The zero-order valence-corrected chi connectivity index (χ0v) is 22.1. The third-order valence-electron chi connectivity index (χ3n) is 10.8. The summed E-state index contributed by atoms with van der Waals surface area (Å²) in [5.41, 5.74) is -5.82. The van der Waals surface area contributed by atoms with Crippen molar-refractivity contribution in [2.75, 3.05) is 13.6 Å². The SMILES string of the molecule is Cc1ccc(CN(C)CC2CC3C4CC(F)C5=CC(=O)C=CC5(C)C4(F)C(O)CC3(C)C2(C)C(=O)O)o1. The van der Waals surface area contributed by atoms with Crippen LogP contribution in [0, 0.1) is 40.9 Å². The van der Waals surface area contributed by atoms with Crippen LogP contribution < -0.4 is 0 Å². The number of carbonyl (C=O) groups excluding carboxylic acids is 1. The van der Waals surface area contributed by atoms with Gasteiger partial charge in [-0.15, -0.1) is 0 Å². The van der Waals surface area contributed by atoms with Gasteiger partial charge in [0.05, 0.1) is 18.1 Å². The Morgan fingerprint density at radius 3 is 2.54 bits per heavy atom. The van der Waals surface area contributed by atoms with Crippen molar-refractivity contribution in [2.24, 2.45) is 34.0 Å². The molecule has 0 saturated heterocycles. The molecule has 3 fully saturated rings. The Morgan fingerprint density at radius 2 is 1.92 bits per heavy atom. The number of aryl methyl sites for hydroxylation is 1. The minimum absolute atomic E-state index is 0.0489. The van der Waals surface area contributed by atoms with Crippen molar-refractivity contribution in [1.82, 2.24) is 4.90 Å². The van der Waals surface area contributed by atoms with Gasteiger partial charge in [-0.3, -0.25) is 14.5 Å². The molecule has 1 aromatic rings. The van der Waals surface area contributed by atoms with Crippen LogP contribution in [0.3, 0.4) is 0 Å². The van der Waals surface area contributed by atoms with E-state index in [1.54, 1.807) is 13.8 Å². The van der Waals surface area contributed by atoms with Gasteiger partial charge in [0.15, 0.2) is 11.5 Å². The molecule has 3 saturated carbocycles. The van der Waals surface area contributed by atoms with E-state index in [1.807, 2.05) is 37.9 Å². The third-order valence-corrected chi connectivity index (χ3v) is 10.8. The van der Waals surface area contributed by atoms with E-state index >= 15 is 8.78 Å². The summed E-state index contributed by atoms with van der Waals surface area (Å²) in [6, 6.07) is 3.77. The Bertz CT molecular complexity index is 1190. The molecule has 0 aromatic carbocycles. The van der Waals surface area contributed by atoms with Crippen molar-refractivity contribution in [3.8, 4) is 0 Å². The number of aliphatic hydroxyl groups is 1. The molecule has 4 aliphatic carbocycles. The third kappa shape index (κ3) is 3.40. The number of carboxylic acids is 1. The summed E-state index contributed by atoms with van der Waals surface area (Å²) in [6.07, 6.45) is 0.983. The van der Waals surface area contributed by atoms with Crippen molar-refractivity contribution in [2.45, 2.75) is 71.4 Å². The first-order valence-electron chi connectivity index (χ1n) is 13.1. The van der Waals surface area contributed by atoms with E-state index in [0.29, 0.717) is 19.5 Å². The van der Waals surface area contributed by atoms with Gasteiger partial charge in [0.25, 0.3) is 0 Å². The van der Waals surface area contributed by atoms with Crippen molar-refractivity contribution in [3.63, 3.8) is 0 Å². The number of carboxylic acid groups (broad SMARTS) is 1. The van der Waals surface area contributed by atoms with Crippen LogP contribution in [0.5, 0.6) is 0 Å². The minimum atomic E-state index is -2.21. The fourth-order valence-corrected chi connectivity index (χ4v) is 8.55. The van der Waals surface area contributed by atoms with Crippen LogP contribution in [0.15, 0.2) is 40.4 Å². The van der Waals surface area contributed by atoms with Gasteiger partial charge in [0, 0.05) is 17.9 Å². The van der Waals surface area contributed by atoms with Crippen molar-refractivity contribution >= 4 is 11.8 Å². The summed E-state index contributed by atoms with van der Waals surface area (Å²) >= 11 is 0. The van der Waals surface area contributed by atoms with Gasteiger partial charge in [0.1, 0.15) is 17.7 Å². The van der Waals surface area contributed by atoms with Gasteiger partial charge >= 0.3 is 5.97 Å². The van der Waals surface area contributed by atoms with Gasteiger partial charge in [-0.25, -0.2) is 8.78 Å². The van der Waals surface area contributed by atoms with Crippen molar-refractivity contribution < 1.29 is 33.0 Å². The maximum Gasteiger partial charge on any atom is 0.310 e. The predicted molar refractivity (Wildman–Crippen MR) is 133 cm³/mol. The summed E-state index contributed by atoms with van der Waals surface area (Å²) in [4.78, 5) is 27.0. The maximum atomic E-state index is 17.4. The lowest BCUT2D eigenvalue weighted by atomic mass is 9.43. The first-order chi connectivity index (χ1) is 17.2. The maximum absolute atomic E-state index is 17.4. The van der Waals surface area contributed by atoms with Gasteiger partial charge in [0.2, 0.25) is 0 Å². The number of nitrogens with zero attached hydrogens (tertiary/aromatic N) is 1. The minimum Gasteiger partial charge on any atom is -0.481 e. The Labute approximate surface area is 216 Å². The molecule has 5 rings (SSSR count). The molecule has 8 heteroatoms. The number of aliphatic hydroxyl groups excluding tert-OH is 1. The van der Waals surface area contributed by atoms with E-state index < -0.39 is 52.0 Å². The number of halogens is 2. The summed E-state index contributed by atoms with van der Waals surface area (Å²) in [7, 11) is 1.90. The fourth-order valence-electron chi connectivity index (χ4n) is 8.55. The molecule has 0 amide bonds. The molecular formula is C29H37F2NO5. The summed E-state index contributed by atoms with van der Waals surface area (Å²) in [5.74, 6) is -1.48. The second-order valence-corrected chi connectivity index (χ2v) is 12.5. The number of hydrogen-bond donors (Lipinski definition) is 2. The van der Waals surface area contributed by atoms with E-state index in [0.717, 1.165) is 11.5 Å². The number of furan rings is 1. The molecule has 0 radical (unpaired) electrons. The number of carbonyl (C=O) groups is 2. The lowest BCUT2D eigenvalue weighted by molar-refractivity contribution is -0.214. The number of fused-ring (bicyclic) bond motifs is 5. The molecule has 1 aromatic heterocycles. The number of rotatable bonds is 5. The van der Waals surface area contributed by atoms with E-state index in [9.17, 15) is 19.8 Å². The van der Waals surface area contributed by atoms with Crippen LogP contribution in [0.4, 0.5) is 8.78 Å². The lowest BCUT2D eigenvalue weighted by Crippen LogP contribution is -2.69. The van der Waals surface area contributed by atoms with Crippen LogP contribution in [-0.2, 0) is 16.1 Å². The smallest absolute Gasteiger partial charge is 0.310 e. The number of ketones is 1. The monoisotopic (exact) mass is 517 g/mol. The Morgan fingerprint density at radius 1 is 1.22 bits per heavy atom. The molecule has 0 bridgehead atoms. The van der Waals surface area contributed by atoms with E-state index in [2.05, 4.69) is 0 Å². The summed E-state index contributed by atoms with van der Waals surface area (Å²) in [6.45, 7) is 7.92. The Balaban J connectivity index is 1.53. The topological polar surface area (TPSA) is 91.0 Å². The van der Waals surface area contributed by atoms with Crippen molar-refractivity contribution in [3.05, 3.63) is 47.5 Å². The number of allylic oxidation sites excluding steroid dienone is 4. The highest BCUT2D eigenvalue weighted by Crippen LogP contribution is 2.73. The molecule has 9 atom stereocenters. The molecule has 2 N–H and O–H groups in total. The van der Waals surface area contributed by atoms with Crippen molar-refractivity contribution in [1.29, 1.82) is 0 Å². The average molecular weight is 518 g/mol. The molecule has 37 heavy (non-hydrogen) atoms. The highest BCUT2D eigenvalue weighted by molar-refractivity contribution is 6.01. The van der Waals surface area contributed by atoms with Crippen LogP contribution in [0.2, 0.25) is 0 Å². The molecule has 4 aliphatic rings. The van der Waals surface area contributed by atoms with Gasteiger partial charge in [-0.2, -0.15) is 0 Å².